The Morgan fingerprint density at radius 3 is 2.59 bits per heavy atom. The number of imidazole rings is 1. The van der Waals surface area contributed by atoms with E-state index in [4.69, 9.17) is 4.98 Å². The van der Waals surface area contributed by atoms with E-state index in [-0.39, 0.29) is 11.8 Å². The lowest BCUT2D eigenvalue weighted by atomic mass is 10.1. The molecule has 154 valence electrons. The van der Waals surface area contributed by atoms with E-state index >= 15 is 0 Å². The topological polar surface area (TPSA) is 79.6 Å². The van der Waals surface area contributed by atoms with Crippen LogP contribution in [-0.2, 0) is 10.0 Å². The average Bonchev–Trinajstić information content (AvgIpc) is 3.44. The van der Waals surface area contributed by atoms with E-state index in [1.165, 1.54) is 35.7 Å². The van der Waals surface area contributed by atoms with Gasteiger partial charge in [-0.05, 0) is 43.9 Å². The number of rotatable bonds is 5. The normalized spacial score (nSPS) is 20.5. The van der Waals surface area contributed by atoms with Gasteiger partial charge in [0, 0.05) is 12.5 Å². The first-order valence-electron chi connectivity index (χ1n) is 10.2. The second kappa shape index (κ2) is 7.28. The molecular weight excluding hydrogens is 406 g/mol. The lowest BCUT2D eigenvalue weighted by Crippen LogP contribution is -2.25. The maximum absolute atomic E-state index is 12.1. The van der Waals surface area contributed by atoms with Gasteiger partial charge in [0.05, 0.1) is 29.4 Å². The van der Waals surface area contributed by atoms with Gasteiger partial charge >= 0.3 is 0 Å². The van der Waals surface area contributed by atoms with E-state index in [9.17, 15) is 8.42 Å². The molecule has 1 saturated heterocycles. The Labute approximate surface area is 174 Å². The highest BCUT2D eigenvalue weighted by Crippen LogP contribution is 2.35. The molecule has 0 spiro atoms. The molecule has 1 aliphatic heterocycles. The Morgan fingerprint density at radius 2 is 1.93 bits per heavy atom. The smallest absolute Gasteiger partial charge is 0.235 e. The minimum absolute atomic E-state index is 0.0596. The third kappa shape index (κ3) is 3.61. The Bertz CT molecular complexity index is 1080. The van der Waals surface area contributed by atoms with Crippen LogP contribution < -0.4 is 9.62 Å². The molecule has 1 saturated carbocycles. The van der Waals surface area contributed by atoms with Crippen molar-refractivity contribution in [1.82, 2.24) is 14.6 Å². The van der Waals surface area contributed by atoms with Gasteiger partial charge in [-0.3, -0.25) is 4.31 Å². The molecule has 2 aromatic heterocycles. The Hall–Kier alpha value is -2.13. The van der Waals surface area contributed by atoms with Gasteiger partial charge in [-0.25, -0.2) is 17.9 Å². The van der Waals surface area contributed by atoms with Crippen LogP contribution in [0.1, 0.15) is 62.2 Å². The molecule has 2 fully saturated rings. The van der Waals surface area contributed by atoms with Crippen LogP contribution in [0.15, 0.2) is 30.5 Å². The van der Waals surface area contributed by atoms with Gasteiger partial charge in [0.25, 0.3) is 0 Å². The van der Waals surface area contributed by atoms with Crippen LogP contribution in [0.2, 0.25) is 0 Å². The number of nitrogens with zero attached hydrogens (tertiary/aromatic N) is 4. The maximum atomic E-state index is 12.1. The molecular formula is C20H25N5O2S2. The first-order chi connectivity index (χ1) is 14.0. The van der Waals surface area contributed by atoms with Crippen LogP contribution in [0.25, 0.3) is 4.96 Å². The fourth-order valence-corrected chi connectivity index (χ4v) is 6.76. The Kier molecular flexibility index (Phi) is 4.74. The Balaban J connectivity index is 1.28. The van der Waals surface area contributed by atoms with Gasteiger partial charge in [0.2, 0.25) is 20.1 Å². The quantitative estimate of drug-likeness (QED) is 0.656. The van der Waals surface area contributed by atoms with Crippen LogP contribution in [0.5, 0.6) is 0 Å². The predicted molar refractivity (Wildman–Crippen MR) is 116 cm³/mol. The second-order valence-corrected chi connectivity index (χ2v) is 10.9. The van der Waals surface area contributed by atoms with Crippen LogP contribution >= 0.6 is 11.3 Å². The van der Waals surface area contributed by atoms with Crippen molar-refractivity contribution in [2.45, 2.75) is 51.0 Å². The monoisotopic (exact) mass is 431 g/mol. The standard InChI is InChI=1S/C20H25N5O2S2/c1-14(15-7-9-17(10-8-15)25-11-4-12-29(25,26)27)21-19-23-24-13-18(22-20(24)28-19)16-5-2-3-6-16/h7-10,13-14,16H,2-6,11-12H2,1H3,(H,21,23). The zero-order valence-electron chi connectivity index (χ0n) is 16.4. The van der Waals surface area contributed by atoms with Crippen LogP contribution in [0, 0.1) is 0 Å². The maximum Gasteiger partial charge on any atom is 0.235 e. The van der Waals surface area contributed by atoms with E-state index in [2.05, 4.69) is 23.5 Å². The molecule has 3 heterocycles. The van der Waals surface area contributed by atoms with Gasteiger partial charge in [-0.15, -0.1) is 5.10 Å². The number of benzene rings is 1. The van der Waals surface area contributed by atoms with E-state index in [0.717, 1.165) is 21.3 Å². The molecule has 1 atom stereocenters. The highest BCUT2D eigenvalue weighted by Gasteiger charge is 2.28. The van der Waals surface area contributed by atoms with Crippen LogP contribution in [0.4, 0.5) is 10.8 Å². The van der Waals surface area contributed by atoms with Gasteiger partial charge in [-0.2, -0.15) is 0 Å². The summed E-state index contributed by atoms with van der Waals surface area (Å²) in [6.45, 7) is 2.65. The third-order valence-electron chi connectivity index (χ3n) is 5.96. The largest absolute Gasteiger partial charge is 0.354 e. The molecule has 1 aliphatic carbocycles. The van der Waals surface area contributed by atoms with Crippen molar-refractivity contribution in [3.8, 4) is 0 Å². The molecule has 1 aromatic carbocycles. The lowest BCUT2D eigenvalue weighted by molar-refractivity contribution is 0.599. The van der Waals surface area contributed by atoms with Crippen molar-refractivity contribution < 1.29 is 8.42 Å². The summed E-state index contributed by atoms with van der Waals surface area (Å²) in [6, 6.07) is 7.80. The molecule has 2 aliphatic rings. The zero-order valence-corrected chi connectivity index (χ0v) is 18.0. The van der Waals surface area contributed by atoms with Crippen molar-refractivity contribution in [3.63, 3.8) is 0 Å². The van der Waals surface area contributed by atoms with E-state index in [1.54, 1.807) is 11.3 Å². The summed E-state index contributed by atoms with van der Waals surface area (Å²) < 4.78 is 27.6. The van der Waals surface area contributed by atoms with Crippen molar-refractivity contribution in [1.29, 1.82) is 0 Å². The summed E-state index contributed by atoms with van der Waals surface area (Å²) in [6.07, 6.45) is 7.84. The lowest BCUT2D eigenvalue weighted by Gasteiger charge is -2.18. The number of hydrogen-bond acceptors (Lipinski definition) is 6. The van der Waals surface area contributed by atoms with Crippen molar-refractivity contribution in [3.05, 3.63) is 41.7 Å². The van der Waals surface area contributed by atoms with Gasteiger partial charge in [0.1, 0.15) is 0 Å². The fourth-order valence-electron chi connectivity index (χ4n) is 4.32. The summed E-state index contributed by atoms with van der Waals surface area (Å²) in [5.74, 6) is 0.832. The number of aromatic nitrogens is 3. The van der Waals surface area contributed by atoms with Crippen molar-refractivity contribution in [2.24, 2.45) is 0 Å². The first kappa shape index (κ1) is 18.9. The number of nitrogens with one attached hydrogen (secondary N) is 1. The molecule has 0 bridgehead atoms. The zero-order chi connectivity index (χ0) is 20.0. The van der Waals surface area contributed by atoms with Crippen LogP contribution in [0.3, 0.4) is 0 Å². The fraction of sp³-hybridized carbons (Fsp3) is 0.500. The van der Waals surface area contributed by atoms with Crippen molar-refractivity contribution >= 4 is 37.1 Å². The summed E-state index contributed by atoms with van der Waals surface area (Å²) in [5, 5.41) is 8.92. The van der Waals surface area contributed by atoms with Gasteiger partial charge in [0.15, 0.2) is 0 Å². The number of hydrogen-bond donors (Lipinski definition) is 1. The minimum Gasteiger partial charge on any atom is -0.354 e. The van der Waals surface area contributed by atoms with Crippen LogP contribution in [-0.4, -0.2) is 35.3 Å². The summed E-state index contributed by atoms with van der Waals surface area (Å²) in [4.78, 5) is 5.71. The van der Waals surface area contributed by atoms with Gasteiger partial charge in [-0.1, -0.05) is 36.3 Å². The molecule has 7 nitrogen and oxygen atoms in total. The predicted octanol–water partition coefficient (Wildman–Crippen LogP) is 4.16. The number of sulfonamides is 1. The highest BCUT2D eigenvalue weighted by atomic mass is 32.2. The SMILES string of the molecule is CC(Nc1nn2cc(C3CCCC3)nc2s1)c1ccc(N2CCCS2(=O)=O)cc1. The van der Waals surface area contributed by atoms with Gasteiger partial charge < -0.3 is 5.32 Å². The minimum atomic E-state index is -3.14. The highest BCUT2D eigenvalue weighted by molar-refractivity contribution is 7.93. The molecule has 0 radical (unpaired) electrons. The summed E-state index contributed by atoms with van der Waals surface area (Å²) >= 11 is 1.57. The molecule has 3 aromatic rings. The first-order valence-corrected chi connectivity index (χ1v) is 12.7. The van der Waals surface area contributed by atoms with E-state index in [0.29, 0.717) is 18.9 Å². The summed E-state index contributed by atoms with van der Waals surface area (Å²) in [5.41, 5.74) is 3.00. The molecule has 5 rings (SSSR count). The number of fused-ring (bicyclic) bond motifs is 1. The van der Waals surface area contributed by atoms with Crippen molar-refractivity contribution in [2.75, 3.05) is 21.9 Å². The second-order valence-electron chi connectivity index (χ2n) is 7.98. The Morgan fingerprint density at radius 1 is 1.17 bits per heavy atom. The molecule has 9 heteroatoms. The summed E-state index contributed by atoms with van der Waals surface area (Å²) in [7, 11) is -3.14. The van der Waals surface area contributed by atoms with E-state index in [1.807, 2.05) is 28.8 Å². The molecule has 29 heavy (non-hydrogen) atoms. The molecule has 0 amide bonds. The van der Waals surface area contributed by atoms with E-state index < -0.39 is 10.0 Å². The molecule has 1 N–H and O–H groups in total. The third-order valence-corrected chi connectivity index (χ3v) is 8.68. The average molecular weight is 432 g/mol. The molecule has 1 unspecified atom stereocenters. The number of anilines is 2.